The molecular formula is C54H86O19. The summed E-state index contributed by atoms with van der Waals surface area (Å²) in [6.45, 7) is 39.0. The molecule has 2 bridgehead atoms. The van der Waals surface area contributed by atoms with Gasteiger partial charge in [-0.1, -0.05) is 82.3 Å². The number of carbonyl (C=O) groups is 5. The maximum Gasteiger partial charge on any atom is 0.333 e. The summed E-state index contributed by atoms with van der Waals surface area (Å²) in [4.78, 5) is 54.6. The summed E-state index contributed by atoms with van der Waals surface area (Å²) < 4.78 is 34.1. The van der Waals surface area contributed by atoms with Crippen LogP contribution < -0.4 is 0 Å². The fraction of sp³-hybridized carbons (Fsp3) is 0.574. The van der Waals surface area contributed by atoms with Crippen LogP contribution in [0, 0.1) is 17.8 Å². The van der Waals surface area contributed by atoms with Crippen molar-refractivity contribution in [1.29, 1.82) is 0 Å². The number of esters is 5. The Morgan fingerprint density at radius 3 is 1.49 bits per heavy atom. The Bertz CT molecular complexity index is 1880. The van der Waals surface area contributed by atoms with E-state index in [1.807, 2.05) is 25.1 Å². The molecule has 9 unspecified atom stereocenters. The molecule has 2 aliphatic carbocycles. The first-order valence-electron chi connectivity index (χ1n) is 23.4. The Morgan fingerprint density at radius 1 is 0.658 bits per heavy atom. The highest BCUT2D eigenvalue weighted by Crippen LogP contribution is 2.46. The van der Waals surface area contributed by atoms with Crippen LogP contribution in [0.3, 0.4) is 0 Å². The van der Waals surface area contributed by atoms with Crippen LogP contribution >= 0.6 is 0 Å². The van der Waals surface area contributed by atoms with Gasteiger partial charge in [0, 0.05) is 53.4 Å². The second kappa shape index (κ2) is 39.2. The molecule has 73 heavy (non-hydrogen) atoms. The predicted octanol–water partition coefficient (Wildman–Crippen LogP) is 4.54. The Kier molecular flexibility index (Phi) is 38.6. The minimum absolute atomic E-state index is 0.00130. The highest BCUT2D eigenvalue weighted by Gasteiger charge is 2.53. The number of ether oxygens (including phenoxy) is 7. The standard InChI is InChI=1S/C11H16O4.C9H16O4.C9H10.C8H12O4.2C8H14O3.CH4O/c1-5(2)11(14)15-8-4-6-3-7(8)10(13)9(6)12;1-7(2)9(11)13-5-4-12-6-8(3)10;1-8(2)9-6-4-3-5-7-9;1-5(2)8(10)12-7-4-11-3-6(7)9;1-6(2)7(9)11-5-8(3,4)10;1-6(2)8(10)11-5-7(3)4-9;1-2/h6-10,12-13H,1,3-4H2,2H3;8,10H,1,4-6H2,2-3H3;3-7H,1H2,2H3;6-7,9H,1,3-4H2,2H3;10H,1,5H2,2-4H3;7,9H,1,4-5H2,2-3H3;2H,1H3. The van der Waals surface area contributed by atoms with Gasteiger partial charge in [0.25, 0.3) is 0 Å². The summed E-state index contributed by atoms with van der Waals surface area (Å²) in [6.07, 6.45) is -1.96. The van der Waals surface area contributed by atoms with Gasteiger partial charge in [-0.25, -0.2) is 24.0 Å². The number of fused-ring (bicyclic) bond motifs is 2. The van der Waals surface area contributed by atoms with Gasteiger partial charge >= 0.3 is 29.8 Å². The van der Waals surface area contributed by atoms with E-state index in [0.29, 0.717) is 40.9 Å². The lowest BCUT2D eigenvalue weighted by Gasteiger charge is -2.29. The van der Waals surface area contributed by atoms with Crippen molar-refractivity contribution in [1.82, 2.24) is 0 Å². The molecule has 4 rings (SSSR count). The molecule has 0 radical (unpaired) electrons. The van der Waals surface area contributed by atoms with Crippen molar-refractivity contribution in [2.45, 2.75) is 124 Å². The second-order valence-electron chi connectivity index (χ2n) is 18.3. The van der Waals surface area contributed by atoms with E-state index < -0.39 is 66.0 Å². The summed E-state index contributed by atoms with van der Waals surface area (Å²) in [5, 5.41) is 61.9. The molecule has 3 aliphatic rings. The number of benzene rings is 1. The smallest absolute Gasteiger partial charge is 0.333 e. The first kappa shape index (κ1) is 71.9. The van der Waals surface area contributed by atoms with Crippen LogP contribution in [0.5, 0.6) is 0 Å². The zero-order valence-corrected chi connectivity index (χ0v) is 44.9. The first-order valence-corrected chi connectivity index (χ1v) is 23.4. The third kappa shape index (κ3) is 34.7. The van der Waals surface area contributed by atoms with Crippen molar-refractivity contribution in [2.24, 2.45) is 17.8 Å². The lowest BCUT2D eigenvalue weighted by atomic mass is 9.92. The van der Waals surface area contributed by atoms with Gasteiger partial charge in [0.1, 0.15) is 25.4 Å². The highest BCUT2D eigenvalue weighted by atomic mass is 16.6. The van der Waals surface area contributed by atoms with Gasteiger partial charge in [-0.2, -0.15) is 0 Å². The normalized spacial score (nSPS) is 20.4. The number of hydrogen-bond acceptors (Lipinski definition) is 19. The predicted molar refractivity (Wildman–Crippen MR) is 276 cm³/mol. The number of hydrogen-bond donors (Lipinski definition) is 7. The fourth-order valence-corrected chi connectivity index (χ4v) is 5.54. The van der Waals surface area contributed by atoms with Crippen LogP contribution in [0.25, 0.3) is 5.57 Å². The topological polar surface area (TPSA) is 292 Å². The van der Waals surface area contributed by atoms with Gasteiger partial charge in [0.2, 0.25) is 0 Å². The Balaban J connectivity index is -0.000000805. The fourth-order valence-electron chi connectivity index (χ4n) is 5.54. The molecule has 1 saturated heterocycles. The van der Waals surface area contributed by atoms with Crippen LogP contribution in [0.15, 0.2) is 97.7 Å². The summed E-state index contributed by atoms with van der Waals surface area (Å²) in [5.74, 6) is -2.20. The van der Waals surface area contributed by atoms with Crippen LogP contribution in [-0.4, -0.2) is 168 Å². The molecule has 0 spiro atoms. The van der Waals surface area contributed by atoms with E-state index in [1.165, 1.54) is 5.56 Å². The molecule has 1 aliphatic heterocycles. The van der Waals surface area contributed by atoms with Gasteiger partial charge in [0.15, 0.2) is 6.10 Å². The lowest BCUT2D eigenvalue weighted by molar-refractivity contribution is -0.152. The quantitative estimate of drug-likeness (QED) is 0.0460. The van der Waals surface area contributed by atoms with E-state index in [1.54, 1.807) is 62.3 Å². The summed E-state index contributed by atoms with van der Waals surface area (Å²) in [7, 11) is 1.00. The van der Waals surface area contributed by atoms with Crippen molar-refractivity contribution in [3.8, 4) is 0 Å². The number of allylic oxidation sites excluding steroid dienone is 1. The summed E-state index contributed by atoms with van der Waals surface area (Å²) in [6, 6.07) is 10.2. The molecule has 7 N–H and O–H groups in total. The van der Waals surface area contributed by atoms with Crippen molar-refractivity contribution < 1.29 is 92.9 Å². The minimum atomic E-state index is -0.967. The largest absolute Gasteiger partial charge is 0.462 e. The van der Waals surface area contributed by atoms with Crippen molar-refractivity contribution >= 4 is 35.4 Å². The van der Waals surface area contributed by atoms with Crippen LogP contribution in [0.4, 0.5) is 0 Å². The van der Waals surface area contributed by atoms with E-state index in [2.05, 4.69) is 56.3 Å². The molecule has 19 nitrogen and oxygen atoms in total. The van der Waals surface area contributed by atoms with E-state index in [-0.39, 0.29) is 70.1 Å². The highest BCUT2D eigenvalue weighted by molar-refractivity contribution is 5.88. The second-order valence-corrected chi connectivity index (χ2v) is 18.3. The molecule has 19 heteroatoms. The SMILES string of the molecule is C=C(C)C(=O)OC1CC2CC1C(O)C2O.C=C(C)C(=O)OC1COCC1O.C=C(C)C(=O)OCC(C)(C)O.C=C(C)C(=O)OCC(C)CO.C=C(C)C(=O)OCCOCC(C)O.C=C(C)c1ccccc1.CO. The maximum absolute atomic E-state index is 11.3. The summed E-state index contributed by atoms with van der Waals surface area (Å²) >= 11 is 0. The zero-order chi connectivity index (χ0) is 57.2. The Labute approximate surface area is 432 Å². The van der Waals surface area contributed by atoms with Gasteiger partial charge in [-0.3, -0.25) is 0 Å². The zero-order valence-electron chi connectivity index (χ0n) is 44.9. The molecule has 1 aromatic rings. The molecule has 1 aromatic carbocycles. The molecular weight excluding hydrogens is 953 g/mol. The number of carbonyl (C=O) groups excluding carboxylic acids is 5. The molecule has 0 aromatic heterocycles. The van der Waals surface area contributed by atoms with Gasteiger partial charge in [-0.15, -0.1) is 0 Å². The average molecular weight is 1040 g/mol. The molecule has 9 atom stereocenters. The maximum atomic E-state index is 11.3. The van der Waals surface area contributed by atoms with Gasteiger partial charge < -0.3 is 68.9 Å². The molecule has 416 valence electrons. The monoisotopic (exact) mass is 1040 g/mol. The molecule has 0 amide bonds. The number of rotatable bonds is 18. The van der Waals surface area contributed by atoms with Crippen molar-refractivity contribution in [2.75, 3.05) is 60.0 Å². The van der Waals surface area contributed by atoms with E-state index in [0.717, 1.165) is 19.1 Å². The molecule has 2 saturated carbocycles. The van der Waals surface area contributed by atoms with Crippen molar-refractivity contribution in [3.05, 3.63) is 103 Å². The van der Waals surface area contributed by atoms with E-state index >= 15 is 0 Å². The Hall–Kier alpha value is -5.35. The van der Waals surface area contributed by atoms with Crippen LogP contribution in [0.2, 0.25) is 0 Å². The minimum Gasteiger partial charge on any atom is -0.462 e. The number of aliphatic hydroxyl groups excluding tert-OH is 6. The third-order valence-electron chi connectivity index (χ3n) is 9.57. The third-order valence-corrected chi connectivity index (χ3v) is 9.57. The van der Waals surface area contributed by atoms with Crippen LogP contribution in [-0.2, 0) is 57.1 Å². The average Bonchev–Trinajstić information content (AvgIpc) is 4.02. The number of aliphatic hydroxyl groups is 7. The molecule has 1 heterocycles. The first-order chi connectivity index (χ1) is 33.9. The van der Waals surface area contributed by atoms with E-state index in [4.69, 9.17) is 48.8 Å². The van der Waals surface area contributed by atoms with Gasteiger partial charge in [-0.05, 0) is 86.6 Å². The Morgan fingerprint density at radius 2 is 1.12 bits per heavy atom. The van der Waals surface area contributed by atoms with Gasteiger partial charge in [0.05, 0.1) is 56.9 Å². The van der Waals surface area contributed by atoms with Crippen molar-refractivity contribution in [3.63, 3.8) is 0 Å². The summed E-state index contributed by atoms with van der Waals surface area (Å²) in [5.41, 5.74) is 3.17. The van der Waals surface area contributed by atoms with E-state index in [9.17, 15) is 39.3 Å². The van der Waals surface area contributed by atoms with Crippen LogP contribution in [0.1, 0.15) is 87.6 Å². The molecule has 3 fully saturated rings. The lowest BCUT2D eigenvalue weighted by Crippen LogP contribution is -2.41.